The predicted octanol–water partition coefficient (Wildman–Crippen LogP) is 2.82. The first-order chi connectivity index (χ1) is 6.07. The van der Waals surface area contributed by atoms with Crippen molar-refractivity contribution in [3.63, 3.8) is 0 Å². The lowest BCUT2D eigenvalue weighted by atomic mass is 10.2. The largest absolute Gasteiger partial charge is 0.465 e. The molecule has 0 aromatic heterocycles. The van der Waals surface area contributed by atoms with Crippen molar-refractivity contribution in [2.24, 2.45) is 0 Å². The average Bonchev–Trinajstić information content (AvgIpc) is 2.12. The molecule has 13 heavy (non-hydrogen) atoms. The van der Waals surface area contributed by atoms with E-state index in [1.54, 1.807) is 6.07 Å². The van der Waals surface area contributed by atoms with Crippen LogP contribution in [0.15, 0.2) is 12.1 Å². The maximum atomic E-state index is 13.2. The fourth-order valence-corrected chi connectivity index (χ4v) is 1.92. The first-order valence-corrected chi connectivity index (χ1v) is 5.45. The molecular weight excluding hydrogens is 401 g/mol. The number of hydrogen-bond donors (Lipinski definition) is 0. The third-order valence-corrected chi connectivity index (χ3v) is 4.48. The zero-order valence-corrected chi connectivity index (χ0v) is 10.9. The van der Waals surface area contributed by atoms with Gasteiger partial charge in [-0.15, -0.1) is 0 Å². The van der Waals surface area contributed by atoms with Crippen LogP contribution < -0.4 is 0 Å². The molecule has 0 spiro atoms. The highest BCUT2D eigenvalue weighted by molar-refractivity contribution is 14.1. The number of esters is 1. The van der Waals surface area contributed by atoms with Crippen LogP contribution in [0.4, 0.5) is 4.39 Å². The molecule has 0 radical (unpaired) electrons. The molecule has 0 N–H and O–H groups in total. The van der Waals surface area contributed by atoms with E-state index in [-0.39, 0.29) is 5.56 Å². The van der Waals surface area contributed by atoms with Crippen molar-refractivity contribution in [2.45, 2.75) is 0 Å². The maximum absolute atomic E-state index is 13.2. The van der Waals surface area contributed by atoms with Crippen molar-refractivity contribution in [3.05, 3.63) is 30.7 Å². The van der Waals surface area contributed by atoms with Crippen molar-refractivity contribution in [1.29, 1.82) is 0 Å². The van der Waals surface area contributed by atoms with Crippen molar-refractivity contribution >= 4 is 51.2 Å². The van der Waals surface area contributed by atoms with E-state index in [1.807, 2.05) is 45.2 Å². The standard InChI is InChI=1S/C8H5FI2O2/c1-13-8(12)6-4(9)2-3-5(10)7(6)11/h2-3H,1H3. The molecule has 0 heterocycles. The number of hydrogen-bond acceptors (Lipinski definition) is 2. The third kappa shape index (κ3) is 2.30. The van der Waals surface area contributed by atoms with Crippen molar-refractivity contribution < 1.29 is 13.9 Å². The Balaban J connectivity index is 3.33. The van der Waals surface area contributed by atoms with Crippen LogP contribution in [-0.2, 0) is 4.74 Å². The Morgan fingerprint density at radius 2 is 2.08 bits per heavy atom. The summed E-state index contributed by atoms with van der Waals surface area (Å²) in [5, 5.41) is 0. The van der Waals surface area contributed by atoms with E-state index in [0.717, 1.165) is 3.57 Å². The Morgan fingerprint density at radius 3 is 2.62 bits per heavy atom. The highest BCUT2D eigenvalue weighted by atomic mass is 127. The maximum Gasteiger partial charge on any atom is 0.341 e. The predicted molar refractivity (Wildman–Crippen MR) is 63.2 cm³/mol. The lowest BCUT2D eigenvalue weighted by Gasteiger charge is -2.04. The van der Waals surface area contributed by atoms with E-state index in [2.05, 4.69) is 4.74 Å². The van der Waals surface area contributed by atoms with Crippen LogP contribution >= 0.6 is 45.2 Å². The van der Waals surface area contributed by atoms with Crippen LogP contribution in [-0.4, -0.2) is 13.1 Å². The molecule has 0 unspecified atom stereocenters. The number of ether oxygens (including phenoxy) is 1. The fraction of sp³-hybridized carbons (Fsp3) is 0.125. The summed E-state index contributed by atoms with van der Waals surface area (Å²) in [6.07, 6.45) is 0. The number of benzene rings is 1. The second-order valence-electron chi connectivity index (χ2n) is 2.21. The lowest BCUT2D eigenvalue weighted by Crippen LogP contribution is -2.08. The summed E-state index contributed by atoms with van der Waals surface area (Å²) in [4.78, 5) is 11.1. The molecule has 1 rings (SSSR count). The van der Waals surface area contributed by atoms with Crippen LogP contribution in [0.25, 0.3) is 0 Å². The monoisotopic (exact) mass is 406 g/mol. The number of carbonyl (C=O) groups is 1. The van der Waals surface area contributed by atoms with Gasteiger partial charge in [-0.25, -0.2) is 9.18 Å². The normalized spacial score (nSPS) is 9.85. The zero-order chi connectivity index (χ0) is 10.0. The molecule has 0 amide bonds. The number of rotatable bonds is 1. The first-order valence-electron chi connectivity index (χ1n) is 3.29. The minimum absolute atomic E-state index is 0.00926. The minimum Gasteiger partial charge on any atom is -0.465 e. The summed E-state index contributed by atoms with van der Waals surface area (Å²) < 4.78 is 19.0. The minimum atomic E-state index is -0.639. The van der Waals surface area contributed by atoms with Gasteiger partial charge in [0.1, 0.15) is 11.4 Å². The van der Waals surface area contributed by atoms with Gasteiger partial charge in [0, 0.05) is 7.14 Å². The molecule has 0 aliphatic heterocycles. The smallest absolute Gasteiger partial charge is 0.341 e. The van der Waals surface area contributed by atoms with Gasteiger partial charge in [-0.2, -0.15) is 0 Å². The Bertz CT molecular complexity index is 352. The Hall–Kier alpha value is 0.0800. The first kappa shape index (κ1) is 11.2. The molecule has 0 bridgehead atoms. The molecule has 1 aromatic carbocycles. The van der Waals surface area contributed by atoms with Crippen LogP contribution in [0.3, 0.4) is 0 Å². The molecule has 5 heteroatoms. The quantitative estimate of drug-likeness (QED) is 0.408. The van der Waals surface area contributed by atoms with Crippen LogP contribution in [0.5, 0.6) is 0 Å². The Kier molecular flexibility index (Phi) is 3.89. The van der Waals surface area contributed by atoms with Gasteiger partial charge in [0.25, 0.3) is 0 Å². The highest BCUT2D eigenvalue weighted by Gasteiger charge is 2.17. The summed E-state index contributed by atoms with van der Waals surface area (Å²) in [5.74, 6) is -1.18. The van der Waals surface area contributed by atoms with Crippen LogP contribution in [0, 0.1) is 13.0 Å². The summed E-state index contributed by atoms with van der Waals surface area (Å²) in [6, 6.07) is 2.88. The number of halogens is 3. The van der Waals surface area contributed by atoms with Gasteiger partial charge in [-0.3, -0.25) is 0 Å². The van der Waals surface area contributed by atoms with Gasteiger partial charge in [0.15, 0.2) is 0 Å². The van der Waals surface area contributed by atoms with Gasteiger partial charge in [0.2, 0.25) is 0 Å². The Labute approximate surface area is 102 Å². The van der Waals surface area contributed by atoms with E-state index in [0.29, 0.717) is 3.57 Å². The van der Waals surface area contributed by atoms with E-state index < -0.39 is 11.8 Å². The Morgan fingerprint density at radius 1 is 1.46 bits per heavy atom. The summed E-state index contributed by atoms with van der Waals surface area (Å²) >= 11 is 3.96. The van der Waals surface area contributed by atoms with E-state index in [4.69, 9.17) is 0 Å². The lowest BCUT2D eigenvalue weighted by molar-refractivity contribution is 0.0594. The number of carbonyl (C=O) groups excluding carboxylic acids is 1. The molecule has 70 valence electrons. The van der Waals surface area contributed by atoms with Gasteiger partial charge in [0.05, 0.1) is 7.11 Å². The van der Waals surface area contributed by atoms with Gasteiger partial charge in [-0.05, 0) is 57.3 Å². The molecule has 0 fully saturated rings. The van der Waals surface area contributed by atoms with Gasteiger partial charge >= 0.3 is 5.97 Å². The van der Waals surface area contributed by atoms with Gasteiger partial charge < -0.3 is 4.74 Å². The molecule has 0 saturated carbocycles. The third-order valence-electron chi connectivity index (χ3n) is 1.43. The van der Waals surface area contributed by atoms with Crippen LogP contribution in [0.2, 0.25) is 0 Å². The van der Waals surface area contributed by atoms with E-state index in [9.17, 15) is 9.18 Å². The summed E-state index contributed by atoms with van der Waals surface area (Å²) in [7, 11) is 1.23. The molecule has 0 saturated heterocycles. The second kappa shape index (κ2) is 4.54. The van der Waals surface area contributed by atoms with Crippen molar-refractivity contribution in [2.75, 3.05) is 7.11 Å². The van der Waals surface area contributed by atoms with Gasteiger partial charge in [-0.1, -0.05) is 0 Å². The zero-order valence-electron chi connectivity index (χ0n) is 6.61. The molecule has 0 aliphatic rings. The van der Waals surface area contributed by atoms with E-state index in [1.165, 1.54) is 13.2 Å². The molecule has 2 nitrogen and oxygen atoms in total. The summed E-state index contributed by atoms with van der Waals surface area (Å²) in [5.41, 5.74) is 0.00926. The molecule has 0 aliphatic carbocycles. The topological polar surface area (TPSA) is 26.3 Å². The number of methoxy groups -OCH3 is 1. The molecular formula is C8H5FI2O2. The SMILES string of the molecule is COC(=O)c1c(F)ccc(I)c1I. The van der Waals surface area contributed by atoms with Crippen LogP contribution in [0.1, 0.15) is 10.4 Å². The second-order valence-corrected chi connectivity index (χ2v) is 4.45. The van der Waals surface area contributed by atoms with Crippen molar-refractivity contribution in [1.82, 2.24) is 0 Å². The molecule has 0 atom stereocenters. The summed E-state index contributed by atoms with van der Waals surface area (Å²) in [6.45, 7) is 0. The van der Waals surface area contributed by atoms with Crippen molar-refractivity contribution in [3.8, 4) is 0 Å². The fourth-order valence-electron chi connectivity index (χ4n) is 0.816. The highest BCUT2D eigenvalue weighted by Crippen LogP contribution is 2.22. The van der Waals surface area contributed by atoms with E-state index >= 15 is 0 Å². The molecule has 1 aromatic rings. The average molecular weight is 406 g/mol.